The predicted molar refractivity (Wildman–Crippen MR) is 112 cm³/mol. The molecule has 1 aromatic carbocycles. The third kappa shape index (κ3) is 5.70. The number of carbonyl (C=O) groups excluding carboxylic acids is 1. The number of carbonyl (C=O) groups is 1. The van der Waals surface area contributed by atoms with Gasteiger partial charge in [0, 0.05) is 35.0 Å². The van der Waals surface area contributed by atoms with Crippen LogP contribution in [0.2, 0.25) is 0 Å². The van der Waals surface area contributed by atoms with E-state index in [2.05, 4.69) is 26.1 Å². The number of Topliss-reactive ketones (excluding diaryl/α,β-unsaturated/α-hetero) is 1. The summed E-state index contributed by atoms with van der Waals surface area (Å²) < 4.78 is 8.76. The smallest absolute Gasteiger partial charge is 0.160 e. The van der Waals surface area contributed by atoms with E-state index in [1.54, 1.807) is 0 Å². The minimum Gasteiger partial charge on any atom is -0.376 e. The second kappa shape index (κ2) is 8.94. The summed E-state index contributed by atoms with van der Waals surface area (Å²) in [7, 11) is 0. The Morgan fingerprint density at radius 2 is 1.96 bits per heavy atom. The van der Waals surface area contributed by atoms with Gasteiger partial charge in [-0.3, -0.25) is 9.20 Å². The number of ketones is 1. The van der Waals surface area contributed by atoms with Crippen molar-refractivity contribution in [2.75, 3.05) is 6.61 Å². The number of nitrogens with two attached hydrogens (primary N) is 1. The lowest BCUT2D eigenvalue weighted by atomic mass is 9.93. The van der Waals surface area contributed by atoms with Crippen molar-refractivity contribution in [3.05, 3.63) is 64.5 Å². The molecule has 7 heteroatoms. The number of aromatic nitrogens is 3. The molecule has 148 valence electrons. The van der Waals surface area contributed by atoms with Crippen molar-refractivity contribution in [1.82, 2.24) is 14.6 Å². The number of nitrogens with zero attached hydrogens (tertiary/aromatic N) is 3. The topological polar surface area (TPSA) is 82.5 Å². The minimum atomic E-state index is -0.539. The first kappa shape index (κ1) is 20.6. The van der Waals surface area contributed by atoms with Crippen LogP contribution in [0.1, 0.15) is 44.0 Å². The fraction of sp³-hybridized carbons (Fsp3) is 0.381. The molecular formula is C21H25BrN4O2. The maximum Gasteiger partial charge on any atom is 0.160 e. The predicted octanol–water partition coefficient (Wildman–Crippen LogP) is 3.88. The number of benzene rings is 1. The molecule has 0 bridgehead atoms. The highest BCUT2D eigenvalue weighted by Crippen LogP contribution is 2.24. The third-order valence-corrected chi connectivity index (χ3v) is 4.78. The summed E-state index contributed by atoms with van der Waals surface area (Å²) in [4.78, 5) is 12.6. The van der Waals surface area contributed by atoms with Crippen LogP contribution in [0.5, 0.6) is 0 Å². The van der Waals surface area contributed by atoms with Crippen molar-refractivity contribution in [2.24, 2.45) is 5.73 Å². The van der Waals surface area contributed by atoms with Gasteiger partial charge in [-0.15, -0.1) is 10.2 Å². The Labute approximate surface area is 173 Å². The molecule has 0 aliphatic carbocycles. The molecule has 0 saturated heterocycles. The number of rotatable bonds is 9. The SMILES string of the molecule is CC(C)(N)CC(=O)C[C@H](COCc1ccccc1)c1nnc2ccc(Br)cn12. The number of halogens is 1. The Bertz CT molecular complexity index is 934. The standard InChI is InChI=1S/C21H25BrN4O2/c1-21(2,23)11-18(27)10-16(14-28-13-15-6-4-3-5-7-15)20-25-24-19-9-8-17(22)12-26(19)20/h3-9,12,16H,10-11,13-14,23H2,1-2H3/t16-/m1/s1. The summed E-state index contributed by atoms with van der Waals surface area (Å²) in [5.74, 6) is 0.600. The quantitative estimate of drug-likeness (QED) is 0.541. The number of ether oxygens (including phenoxy) is 1. The van der Waals surface area contributed by atoms with Gasteiger partial charge in [0.15, 0.2) is 5.65 Å². The van der Waals surface area contributed by atoms with Crippen LogP contribution in [0.25, 0.3) is 5.65 Å². The van der Waals surface area contributed by atoms with E-state index in [1.807, 2.05) is 66.9 Å². The molecule has 0 fully saturated rings. The van der Waals surface area contributed by atoms with Crippen molar-refractivity contribution < 1.29 is 9.53 Å². The molecular weight excluding hydrogens is 420 g/mol. The number of hydrogen-bond donors (Lipinski definition) is 1. The van der Waals surface area contributed by atoms with Gasteiger partial charge in [0.05, 0.1) is 13.2 Å². The molecule has 0 aliphatic heterocycles. The van der Waals surface area contributed by atoms with E-state index in [-0.39, 0.29) is 11.7 Å². The average molecular weight is 445 g/mol. The van der Waals surface area contributed by atoms with Gasteiger partial charge in [0.2, 0.25) is 0 Å². The Balaban J connectivity index is 1.78. The van der Waals surface area contributed by atoms with E-state index in [9.17, 15) is 4.79 Å². The van der Waals surface area contributed by atoms with Crippen LogP contribution >= 0.6 is 15.9 Å². The fourth-order valence-electron chi connectivity index (χ4n) is 3.13. The second-order valence-corrected chi connectivity index (χ2v) is 8.66. The monoisotopic (exact) mass is 444 g/mol. The van der Waals surface area contributed by atoms with E-state index >= 15 is 0 Å². The molecule has 0 aliphatic rings. The van der Waals surface area contributed by atoms with Crippen molar-refractivity contribution in [3.63, 3.8) is 0 Å². The van der Waals surface area contributed by atoms with Gasteiger partial charge in [-0.25, -0.2) is 0 Å². The Morgan fingerprint density at radius 1 is 1.21 bits per heavy atom. The third-order valence-electron chi connectivity index (χ3n) is 4.32. The van der Waals surface area contributed by atoms with Crippen molar-refractivity contribution in [1.29, 1.82) is 0 Å². The van der Waals surface area contributed by atoms with Gasteiger partial charge in [-0.1, -0.05) is 30.3 Å². The Hall–Kier alpha value is -2.09. The molecule has 3 rings (SSSR count). The highest BCUT2D eigenvalue weighted by molar-refractivity contribution is 9.10. The molecule has 3 aromatic rings. The Morgan fingerprint density at radius 3 is 2.68 bits per heavy atom. The second-order valence-electron chi connectivity index (χ2n) is 7.74. The van der Waals surface area contributed by atoms with Gasteiger partial charge < -0.3 is 10.5 Å². The molecule has 0 spiro atoms. The van der Waals surface area contributed by atoms with E-state index in [4.69, 9.17) is 10.5 Å². The Kier molecular flexibility index (Phi) is 6.59. The highest BCUT2D eigenvalue weighted by atomic mass is 79.9. The molecule has 1 atom stereocenters. The van der Waals surface area contributed by atoms with Crippen LogP contribution < -0.4 is 5.73 Å². The molecule has 2 aromatic heterocycles. The molecule has 6 nitrogen and oxygen atoms in total. The average Bonchev–Trinajstić information content (AvgIpc) is 3.03. The maximum atomic E-state index is 12.6. The van der Waals surface area contributed by atoms with Crippen LogP contribution in [-0.4, -0.2) is 32.5 Å². The maximum absolute atomic E-state index is 12.6. The summed E-state index contributed by atoms with van der Waals surface area (Å²) in [6.07, 6.45) is 2.53. The summed E-state index contributed by atoms with van der Waals surface area (Å²) in [6.45, 7) is 4.57. The zero-order chi connectivity index (χ0) is 20.1. The number of fused-ring (bicyclic) bond motifs is 1. The summed E-state index contributed by atoms with van der Waals surface area (Å²) in [6, 6.07) is 13.8. The van der Waals surface area contributed by atoms with Crippen LogP contribution in [0.4, 0.5) is 0 Å². The zero-order valence-corrected chi connectivity index (χ0v) is 17.7. The first-order chi connectivity index (χ1) is 13.3. The first-order valence-electron chi connectivity index (χ1n) is 9.24. The zero-order valence-electron chi connectivity index (χ0n) is 16.1. The lowest BCUT2D eigenvalue weighted by Gasteiger charge is -2.20. The van der Waals surface area contributed by atoms with Gasteiger partial charge in [-0.05, 0) is 47.5 Å². The lowest BCUT2D eigenvalue weighted by Crippen LogP contribution is -2.35. The van der Waals surface area contributed by atoms with E-state index < -0.39 is 5.54 Å². The molecule has 0 saturated carbocycles. The lowest BCUT2D eigenvalue weighted by molar-refractivity contribution is -0.120. The molecule has 28 heavy (non-hydrogen) atoms. The largest absolute Gasteiger partial charge is 0.376 e. The van der Waals surface area contributed by atoms with E-state index in [0.29, 0.717) is 31.9 Å². The first-order valence-corrected chi connectivity index (χ1v) is 10.0. The number of pyridine rings is 1. The fourth-order valence-corrected chi connectivity index (χ4v) is 3.47. The molecule has 2 N–H and O–H groups in total. The molecule has 2 heterocycles. The van der Waals surface area contributed by atoms with Gasteiger partial charge in [0.25, 0.3) is 0 Å². The van der Waals surface area contributed by atoms with Crippen molar-refractivity contribution >= 4 is 27.4 Å². The number of hydrogen-bond acceptors (Lipinski definition) is 5. The van der Waals surface area contributed by atoms with Crippen LogP contribution in [0, 0.1) is 0 Å². The molecule has 0 radical (unpaired) electrons. The van der Waals surface area contributed by atoms with E-state index in [1.165, 1.54) is 0 Å². The minimum absolute atomic E-state index is 0.0903. The van der Waals surface area contributed by atoms with Gasteiger partial charge >= 0.3 is 0 Å². The van der Waals surface area contributed by atoms with E-state index in [0.717, 1.165) is 15.7 Å². The molecule has 0 unspecified atom stereocenters. The van der Waals surface area contributed by atoms with Gasteiger partial charge in [-0.2, -0.15) is 0 Å². The van der Waals surface area contributed by atoms with Crippen LogP contribution in [-0.2, 0) is 16.1 Å². The summed E-state index contributed by atoms with van der Waals surface area (Å²) in [5, 5.41) is 8.57. The molecule has 0 amide bonds. The highest BCUT2D eigenvalue weighted by Gasteiger charge is 2.25. The summed E-state index contributed by atoms with van der Waals surface area (Å²) in [5.41, 5.74) is 7.31. The van der Waals surface area contributed by atoms with Crippen molar-refractivity contribution in [3.8, 4) is 0 Å². The van der Waals surface area contributed by atoms with Crippen molar-refractivity contribution in [2.45, 2.75) is 44.8 Å². The van der Waals surface area contributed by atoms with Crippen LogP contribution in [0.15, 0.2) is 53.1 Å². The van der Waals surface area contributed by atoms with Crippen LogP contribution in [0.3, 0.4) is 0 Å². The summed E-state index contributed by atoms with van der Waals surface area (Å²) >= 11 is 3.48. The normalized spacial score (nSPS) is 13.0. The van der Waals surface area contributed by atoms with Gasteiger partial charge in [0.1, 0.15) is 11.6 Å².